The van der Waals surface area contributed by atoms with Crippen LogP contribution in [-0.2, 0) is 36.3 Å². The topological polar surface area (TPSA) is 106 Å². The monoisotopic (exact) mass is 466 g/mol. The van der Waals surface area contributed by atoms with Gasteiger partial charge in [-0.1, -0.05) is 37.3 Å². The predicted molar refractivity (Wildman–Crippen MR) is 111 cm³/mol. The Labute approximate surface area is 187 Å². The summed E-state index contributed by atoms with van der Waals surface area (Å²) < 4.78 is 47.3. The lowest BCUT2D eigenvalue weighted by molar-refractivity contribution is -0.165. The summed E-state index contributed by atoms with van der Waals surface area (Å²) in [4.78, 5) is 48.7. The maximum Gasteiger partial charge on any atom is 0.333 e. The average molecular weight is 466 g/mol. The van der Waals surface area contributed by atoms with Gasteiger partial charge in [0.2, 0.25) is 0 Å². The van der Waals surface area contributed by atoms with Crippen molar-refractivity contribution in [1.82, 2.24) is 9.13 Å². The first-order valence-electron chi connectivity index (χ1n) is 10.3. The number of aromatic nitrogens is 2. The standard InChI is InChI=1S/C22H24F2N2O7/c1-4-16-18(31-13(2)27)19(32-14(3)28)20(33-16)25-11-10-17(29)26(21(25)30)12-22(23,24)15-8-6-5-7-9-15/h5-11,16,18-20H,4,12H2,1-3H3/t16?,18?,19-,20?/m0/s1. The van der Waals surface area contributed by atoms with Gasteiger partial charge in [-0.2, -0.15) is 8.78 Å². The third-order valence-corrected chi connectivity index (χ3v) is 5.21. The van der Waals surface area contributed by atoms with Gasteiger partial charge in [0.15, 0.2) is 18.4 Å². The Morgan fingerprint density at radius 1 is 1.03 bits per heavy atom. The number of hydrogen-bond donors (Lipinski definition) is 0. The van der Waals surface area contributed by atoms with Crippen LogP contribution in [0, 0.1) is 0 Å². The fourth-order valence-electron chi connectivity index (χ4n) is 3.75. The highest BCUT2D eigenvalue weighted by Crippen LogP contribution is 2.35. The summed E-state index contributed by atoms with van der Waals surface area (Å²) in [7, 11) is 0. The predicted octanol–water partition coefficient (Wildman–Crippen LogP) is 1.97. The van der Waals surface area contributed by atoms with Crippen molar-refractivity contribution in [3.05, 3.63) is 69.0 Å². The third-order valence-electron chi connectivity index (χ3n) is 5.21. The fourth-order valence-corrected chi connectivity index (χ4v) is 3.75. The molecular weight excluding hydrogens is 442 g/mol. The SMILES string of the molecule is CCC1OC(n2ccc(=O)n(CC(F)(F)c3ccccc3)c2=O)[C@@H](OC(C)=O)C1OC(C)=O. The van der Waals surface area contributed by atoms with Crippen LogP contribution in [0.4, 0.5) is 8.78 Å². The van der Waals surface area contributed by atoms with E-state index >= 15 is 0 Å². The van der Waals surface area contributed by atoms with E-state index < -0.39 is 60.2 Å². The van der Waals surface area contributed by atoms with Crippen LogP contribution in [0.25, 0.3) is 0 Å². The van der Waals surface area contributed by atoms with Gasteiger partial charge in [0, 0.05) is 31.7 Å². The van der Waals surface area contributed by atoms with E-state index in [4.69, 9.17) is 14.2 Å². The Morgan fingerprint density at radius 3 is 2.21 bits per heavy atom. The normalized spacial score (nSPS) is 22.7. The summed E-state index contributed by atoms with van der Waals surface area (Å²) in [6.07, 6.45) is -2.87. The van der Waals surface area contributed by atoms with Gasteiger partial charge in [0.1, 0.15) is 6.10 Å². The molecule has 178 valence electrons. The van der Waals surface area contributed by atoms with Gasteiger partial charge in [0.05, 0.1) is 6.54 Å². The second-order valence-electron chi connectivity index (χ2n) is 7.62. The molecule has 2 aromatic rings. The highest BCUT2D eigenvalue weighted by atomic mass is 19.3. The quantitative estimate of drug-likeness (QED) is 0.575. The fraction of sp³-hybridized carbons (Fsp3) is 0.455. The maximum absolute atomic E-state index is 14.8. The van der Waals surface area contributed by atoms with Gasteiger partial charge >= 0.3 is 17.6 Å². The van der Waals surface area contributed by atoms with Crippen LogP contribution < -0.4 is 11.2 Å². The van der Waals surface area contributed by atoms with Crippen molar-refractivity contribution in [1.29, 1.82) is 0 Å². The second kappa shape index (κ2) is 9.65. The Balaban J connectivity index is 2.03. The average Bonchev–Trinajstić information content (AvgIpc) is 3.07. The molecule has 0 radical (unpaired) electrons. The molecule has 4 atom stereocenters. The van der Waals surface area contributed by atoms with E-state index in [0.29, 0.717) is 11.0 Å². The van der Waals surface area contributed by atoms with Crippen molar-refractivity contribution in [2.45, 2.75) is 64.2 Å². The summed E-state index contributed by atoms with van der Waals surface area (Å²) in [5.41, 5.74) is -2.38. The molecule has 2 heterocycles. The van der Waals surface area contributed by atoms with Gasteiger partial charge in [-0.25, -0.2) is 4.79 Å². The van der Waals surface area contributed by atoms with E-state index in [1.54, 1.807) is 13.0 Å². The lowest BCUT2D eigenvalue weighted by Gasteiger charge is -2.24. The molecular formula is C22H24F2N2O7. The van der Waals surface area contributed by atoms with Crippen LogP contribution in [0.1, 0.15) is 39.0 Å². The molecule has 0 saturated carbocycles. The summed E-state index contributed by atoms with van der Waals surface area (Å²) >= 11 is 0. The molecule has 0 aliphatic carbocycles. The first kappa shape index (κ1) is 24.3. The third kappa shape index (κ3) is 5.19. The van der Waals surface area contributed by atoms with Crippen LogP contribution in [0.3, 0.4) is 0 Å². The molecule has 1 aromatic carbocycles. The van der Waals surface area contributed by atoms with E-state index in [1.165, 1.54) is 31.2 Å². The van der Waals surface area contributed by atoms with Crippen LogP contribution in [0.5, 0.6) is 0 Å². The minimum atomic E-state index is -3.51. The molecule has 1 aromatic heterocycles. The number of esters is 2. The van der Waals surface area contributed by atoms with Gasteiger partial charge in [-0.3, -0.25) is 23.5 Å². The number of benzene rings is 1. The number of hydrogen-bond acceptors (Lipinski definition) is 7. The zero-order chi connectivity index (χ0) is 24.3. The molecule has 1 aliphatic rings. The second-order valence-corrected chi connectivity index (χ2v) is 7.62. The molecule has 1 saturated heterocycles. The molecule has 11 heteroatoms. The molecule has 0 N–H and O–H groups in total. The first-order chi connectivity index (χ1) is 15.5. The van der Waals surface area contributed by atoms with Crippen LogP contribution in [-0.4, -0.2) is 39.4 Å². The van der Waals surface area contributed by atoms with Gasteiger partial charge in [-0.15, -0.1) is 0 Å². The van der Waals surface area contributed by atoms with Crippen molar-refractivity contribution in [3.8, 4) is 0 Å². The summed E-state index contributed by atoms with van der Waals surface area (Å²) in [5, 5.41) is 0. The number of ether oxygens (including phenoxy) is 3. The molecule has 0 bridgehead atoms. The van der Waals surface area contributed by atoms with E-state index in [9.17, 15) is 28.0 Å². The van der Waals surface area contributed by atoms with Crippen molar-refractivity contribution >= 4 is 11.9 Å². The van der Waals surface area contributed by atoms with E-state index in [2.05, 4.69) is 0 Å². The van der Waals surface area contributed by atoms with E-state index in [-0.39, 0.29) is 5.56 Å². The number of carbonyl (C=O) groups is 2. The molecule has 0 amide bonds. The Hall–Kier alpha value is -3.34. The van der Waals surface area contributed by atoms with Gasteiger partial charge < -0.3 is 14.2 Å². The molecule has 1 fully saturated rings. The Bertz CT molecular complexity index is 1130. The van der Waals surface area contributed by atoms with Crippen molar-refractivity contribution in [2.24, 2.45) is 0 Å². The number of halogens is 2. The molecule has 1 aliphatic heterocycles. The van der Waals surface area contributed by atoms with Crippen LogP contribution in [0.2, 0.25) is 0 Å². The Morgan fingerprint density at radius 2 is 1.64 bits per heavy atom. The first-order valence-corrected chi connectivity index (χ1v) is 10.3. The van der Waals surface area contributed by atoms with Gasteiger partial charge in [0.25, 0.3) is 11.5 Å². The molecule has 0 spiro atoms. The minimum absolute atomic E-state index is 0.340. The van der Waals surface area contributed by atoms with Crippen LogP contribution >= 0.6 is 0 Å². The molecule has 3 unspecified atom stereocenters. The zero-order valence-electron chi connectivity index (χ0n) is 18.3. The highest BCUT2D eigenvalue weighted by molar-refractivity contribution is 5.67. The van der Waals surface area contributed by atoms with E-state index in [1.807, 2.05) is 0 Å². The molecule has 9 nitrogen and oxygen atoms in total. The Kier molecular flexibility index (Phi) is 7.11. The van der Waals surface area contributed by atoms with Crippen LogP contribution in [0.15, 0.2) is 52.2 Å². The number of nitrogens with zero attached hydrogens (tertiary/aromatic N) is 2. The zero-order valence-corrected chi connectivity index (χ0v) is 18.3. The number of carbonyl (C=O) groups excluding carboxylic acids is 2. The van der Waals surface area contributed by atoms with Gasteiger partial charge in [-0.05, 0) is 6.42 Å². The summed E-state index contributed by atoms with van der Waals surface area (Å²) in [6.45, 7) is 2.83. The number of rotatable bonds is 7. The molecule has 3 rings (SSSR count). The highest BCUT2D eigenvalue weighted by Gasteiger charge is 2.49. The summed E-state index contributed by atoms with van der Waals surface area (Å²) in [5.74, 6) is -4.89. The van der Waals surface area contributed by atoms with E-state index in [0.717, 1.165) is 23.8 Å². The largest absolute Gasteiger partial charge is 0.456 e. The van der Waals surface area contributed by atoms with Crippen molar-refractivity contribution < 1.29 is 32.6 Å². The smallest absolute Gasteiger partial charge is 0.333 e. The number of alkyl halides is 2. The van der Waals surface area contributed by atoms with Crippen molar-refractivity contribution in [3.63, 3.8) is 0 Å². The minimum Gasteiger partial charge on any atom is -0.456 e. The lowest BCUT2D eigenvalue weighted by atomic mass is 10.1. The maximum atomic E-state index is 14.8. The lowest BCUT2D eigenvalue weighted by Crippen LogP contribution is -2.46. The van der Waals surface area contributed by atoms with Crippen molar-refractivity contribution in [2.75, 3.05) is 0 Å². The molecule has 33 heavy (non-hydrogen) atoms. The summed E-state index contributed by atoms with van der Waals surface area (Å²) in [6, 6.07) is 7.74.